The van der Waals surface area contributed by atoms with Crippen LogP contribution in [0.15, 0.2) is 84.9 Å². The van der Waals surface area contributed by atoms with Crippen LogP contribution in [-0.4, -0.2) is 42.0 Å². The van der Waals surface area contributed by atoms with Gasteiger partial charge in [0.1, 0.15) is 0 Å². The van der Waals surface area contributed by atoms with E-state index in [1.165, 1.54) is 35.1 Å². The van der Waals surface area contributed by atoms with Gasteiger partial charge in [-0.2, -0.15) is 0 Å². The molecule has 52 heavy (non-hydrogen) atoms. The van der Waals surface area contributed by atoms with Gasteiger partial charge in [0.25, 0.3) is 0 Å². The molecule has 0 unspecified atom stereocenters. The first-order chi connectivity index (χ1) is 23.9. The van der Waals surface area contributed by atoms with Gasteiger partial charge in [0, 0.05) is 0 Å². The Bertz CT molecular complexity index is 1820. The molecule has 6 heteroatoms. The summed E-state index contributed by atoms with van der Waals surface area (Å²) in [6.07, 6.45) is 8.99. The molecule has 1 aliphatic carbocycles. The standard InChI is InChI=1S/C46H58N2O2.ClH.Co/c1-43(2,3)35-25-31(41(49)37(27-35)45(7,8)33-19-13-11-14-20-33)29-47-39-23-17-18-24-40(39)48-30-32-26-36(44(4,5)6)28-38(42(32)50)46(9,10)34-21-15-12-16-22-34;;/h11-16,19-22,25-30,39-40,49-50H,17-18,23-24H2,1-10H3;1H;/q;;+2/p-1/t39-,40-;;/m1../s1. The minimum atomic E-state index is -0.383. The molecular formula is C46H58ClCoN2O2+. The van der Waals surface area contributed by atoms with Gasteiger partial charge in [-0.05, 0) is 0 Å². The summed E-state index contributed by atoms with van der Waals surface area (Å²) < 4.78 is 4.86. The Morgan fingerprint density at radius 3 is 1.21 bits per heavy atom. The minimum Gasteiger partial charge on any atom is -1.00 e. The van der Waals surface area contributed by atoms with Gasteiger partial charge in [-0.3, -0.25) is 0 Å². The van der Waals surface area contributed by atoms with Crippen molar-refractivity contribution in [2.75, 3.05) is 0 Å². The van der Waals surface area contributed by atoms with E-state index in [2.05, 4.69) is 162 Å². The maximum Gasteiger partial charge on any atom is -1.00 e. The average Bonchev–Trinajstić information content (AvgIpc) is 3.42. The third-order valence-electron chi connectivity index (χ3n) is 11.3. The SMILES string of the molecule is CC(C)(C)c1cc(C=[N+]2[Co][N+](=Cc3cc(C(C)(C)C)cc(C(C)(C)c4ccccc4)c3O)[C@@H]3CCCC[C@H]32)c(O)c(C(C)(C)c2ccccc2)c1.[Cl-]. The normalized spacial score (nSPS) is 20.0. The number of rotatable bonds is 6. The summed E-state index contributed by atoms with van der Waals surface area (Å²) in [5, 5.41) is 24.1. The summed E-state index contributed by atoms with van der Waals surface area (Å²) in [4.78, 5) is 0. The first kappa shape index (κ1) is 39.8. The summed E-state index contributed by atoms with van der Waals surface area (Å²) in [5.41, 5.74) is 7.46. The van der Waals surface area contributed by atoms with Crippen molar-refractivity contribution in [1.82, 2.24) is 0 Å². The molecule has 0 bridgehead atoms. The smallest absolute Gasteiger partial charge is 1.00 e. The van der Waals surface area contributed by atoms with Crippen molar-refractivity contribution in [2.45, 2.75) is 129 Å². The Kier molecular flexibility index (Phi) is 11.3. The van der Waals surface area contributed by atoms with Crippen molar-refractivity contribution in [3.8, 4) is 11.5 Å². The number of hydrogen-bond donors (Lipinski definition) is 2. The number of fused-ring (bicyclic) bond motifs is 1. The van der Waals surface area contributed by atoms with Crippen LogP contribution >= 0.6 is 0 Å². The van der Waals surface area contributed by atoms with Gasteiger partial charge >= 0.3 is 315 Å². The van der Waals surface area contributed by atoms with Crippen molar-refractivity contribution >= 4 is 12.4 Å². The first-order valence-electron chi connectivity index (χ1n) is 18.6. The molecule has 0 spiro atoms. The topological polar surface area (TPSA) is 46.5 Å². The summed E-state index contributed by atoms with van der Waals surface area (Å²) in [7, 11) is 0. The third-order valence-corrected chi connectivity index (χ3v) is 12.8. The van der Waals surface area contributed by atoms with Crippen molar-refractivity contribution in [2.24, 2.45) is 0 Å². The average molecular weight is 765 g/mol. The fourth-order valence-corrected chi connectivity index (χ4v) is 9.28. The predicted octanol–water partition coefficient (Wildman–Crippen LogP) is 7.15. The Balaban J connectivity index is 0.00000523. The van der Waals surface area contributed by atoms with E-state index in [0.29, 0.717) is 23.6 Å². The molecule has 1 saturated heterocycles. The molecule has 0 amide bonds. The van der Waals surface area contributed by atoms with Gasteiger partial charge in [0.05, 0.1) is 0 Å². The zero-order chi connectivity index (χ0) is 36.9. The summed E-state index contributed by atoms with van der Waals surface area (Å²) in [6, 6.07) is 30.4. The maximum atomic E-state index is 12.1. The maximum absolute atomic E-state index is 12.1. The van der Waals surface area contributed by atoms with Gasteiger partial charge in [-0.1, -0.05) is 0 Å². The molecule has 279 valence electrons. The quantitative estimate of drug-likeness (QED) is 0.219. The van der Waals surface area contributed by atoms with E-state index < -0.39 is 0 Å². The zero-order valence-electron chi connectivity index (χ0n) is 32.7. The molecular weight excluding hydrogens is 707 g/mol. The third kappa shape index (κ3) is 7.79. The fraction of sp³-hybridized carbons (Fsp3) is 0.435. The van der Waals surface area contributed by atoms with Crippen LogP contribution in [0.4, 0.5) is 0 Å². The van der Waals surface area contributed by atoms with Crippen LogP contribution in [0, 0.1) is 0 Å². The Hall–Kier alpha value is -3.38. The minimum absolute atomic E-state index is 0. The second kappa shape index (κ2) is 14.8. The number of phenolic OH excluding ortho intramolecular Hbond substituents is 2. The number of benzene rings is 4. The molecule has 1 saturated carbocycles. The van der Waals surface area contributed by atoms with Crippen LogP contribution in [0.2, 0.25) is 0 Å². The van der Waals surface area contributed by atoms with Gasteiger partial charge in [-0.25, -0.2) is 0 Å². The van der Waals surface area contributed by atoms with Crippen LogP contribution < -0.4 is 12.4 Å². The molecule has 1 heterocycles. The number of aromatic hydroxyl groups is 2. The molecule has 4 aromatic carbocycles. The van der Waals surface area contributed by atoms with Crippen molar-refractivity contribution < 1.29 is 45.0 Å². The van der Waals surface area contributed by atoms with Crippen LogP contribution in [-0.2, 0) is 36.8 Å². The zero-order valence-corrected chi connectivity index (χ0v) is 34.5. The molecule has 6 rings (SSSR count). The number of hydrogen-bond acceptors (Lipinski definition) is 2. The molecule has 2 fully saturated rings. The van der Waals surface area contributed by atoms with Gasteiger partial charge < -0.3 is 12.4 Å². The predicted molar refractivity (Wildman–Crippen MR) is 208 cm³/mol. The van der Waals surface area contributed by atoms with Crippen LogP contribution in [0.1, 0.15) is 139 Å². The summed E-state index contributed by atoms with van der Waals surface area (Å²) in [6.45, 7) is 22.3. The molecule has 0 aromatic heterocycles. The van der Waals surface area contributed by atoms with Gasteiger partial charge in [0.15, 0.2) is 0 Å². The van der Waals surface area contributed by atoms with E-state index in [9.17, 15) is 10.2 Å². The molecule has 4 nitrogen and oxygen atoms in total. The van der Waals surface area contributed by atoms with E-state index in [0.717, 1.165) is 50.2 Å². The Morgan fingerprint density at radius 1 is 0.538 bits per heavy atom. The van der Waals surface area contributed by atoms with Crippen molar-refractivity contribution in [3.05, 3.63) is 129 Å². The van der Waals surface area contributed by atoms with Crippen LogP contribution in [0.5, 0.6) is 11.5 Å². The van der Waals surface area contributed by atoms with Crippen molar-refractivity contribution in [3.63, 3.8) is 0 Å². The second-order valence-corrected chi connectivity index (χ2v) is 19.1. The monoisotopic (exact) mass is 764 g/mol. The molecule has 1 aliphatic heterocycles. The van der Waals surface area contributed by atoms with E-state index >= 15 is 0 Å². The van der Waals surface area contributed by atoms with Crippen LogP contribution in [0.25, 0.3) is 0 Å². The van der Waals surface area contributed by atoms with Gasteiger partial charge in [0.2, 0.25) is 0 Å². The molecule has 2 N–H and O–H groups in total. The second-order valence-electron chi connectivity index (χ2n) is 17.8. The molecule has 0 radical (unpaired) electrons. The Morgan fingerprint density at radius 2 is 0.885 bits per heavy atom. The summed E-state index contributed by atoms with van der Waals surface area (Å²) in [5.74, 6) is 0.703. The van der Waals surface area contributed by atoms with E-state index in [4.69, 9.17) is 0 Å². The largest absolute Gasteiger partial charge is 1.00 e. The fourth-order valence-electron chi connectivity index (χ4n) is 7.66. The Labute approximate surface area is 325 Å². The molecule has 4 aromatic rings. The van der Waals surface area contributed by atoms with Crippen LogP contribution in [0.3, 0.4) is 0 Å². The number of nitrogens with zero attached hydrogens (tertiary/aromatic N) is 2. The first-order valence-corrected chi connectivity index (χ1v) is 19.6. The number of phenols is 2. The summed E-state index contributed by atoms with van der Waals surface area (Å²) >= 11 is 1.07. The van der Waals surface area contributed by atoms with Crippen molar-refractivity contribution in [1.29, 1.82) is 0 Å². The molecule has 2 aliphatic rings. The van der Waals surface area contributed by atoms with Gasteiger partial charge in [-0.15, -0.1) is 0 Å². The van der Waals surface area contributed by atoms with E-state index in [1.54, 1.807) is 0 Å². The van der Waals surface area contributed by atoms with E-state index in [-0.39, 0.29) is 34.1 Å². The molecule has 2 atom stereocenters. The number of halogens is 1. The van der Waals surface area contributed by atoms with E-state index in [1.807, 2.05) is 12.1 Å².